The summed E-state index contributed by atoms with van der Waals surface area (Å²) >= 11 is 0. The number of nitrogens with zero attached hydrogens (tertiary/aromatic N) is 1. The molecule has 7 heteroatoms. The number of phenolic OH excluding ortho intramolecular Hbond substituents is 2. The molecule has 0 saturated heterocycles. The molecule has 0 unspecified atom stereocenters. The van der Waals surface area contributed by atoms with Crippen LogP contribution in [-0.4, -0.2) is 24.8 Å². The van der Waals surface area contributed by atoms with Gasteiger partial charge >= 0.3 is 0 Å². The molecule has 0 atom stereocenters. The number of para-hydroxylation sites is 1. The molecule has 0 aromatic heterocycles. The lowest BCUT2D eigenvalue weighted by Gasteiger charge is -2.07. The van der Waals surface area contributed by atoms with E-state index in [4.69, 9.17) is 0 Å². The Labute approximate surface area is 141 Å². The van der Waals surface area contributed by atoms with E-state index < -0.39 is 10.0 Å². The normalized spacial score (nSPS) is 12.0. The van der Waals surface area contributed by atoms with E-state index in [9.17, 15) is 18.6 Å². The average Bonchev–Trinajstić information content (AvgIpc) is 2.51. The Hall–Kier alpha value is -2.54. The van der Waals surface area contributed by atoms with Gasteiger partial charge in [0.05, 0.1) is 11.1 Å². The van der Waals surface area contributed by atoms with Gasteiger partial charge in [0.25, 0.3) is 10.0 Å². The Morgan fingerprint density at radius 3 is 2.42 bits per heavy atom. The second-order valence-electron chi connectivity index (χ2n) is 5.81. The van der Waals surface area contributed by atoms with Crippen molar-refractivity contribution in [3.05, 3.63) is 53.6 Å². The molecule has 0 fully saturated rings. The average molecular weight is 348 g/mol. The minimum absolute atomic E-state index is 0.104. The molecular formula is C17H20N2O4S. The number of hydrogen-bond donors (Lipinski definition) is 3. The Bertz CT molecular complexity index is 828. The third-order valence-corrected chi connectivity index (χ3v) is 4.54. The zero-order valence-electron chi connectivity index (χ0n) is 13.5. The van der Waals surface area contributed by atoms with E-state index in [0.717, 1.165) is 18.2 Å². The number of rotatable bonds is 6. The first kappa shape index (κ1) is 17.8. The Kier molecular flexibility index (Phi) is 5.46. The van der Waals surface area contributed by atoms with Crippen LogP contribution in [0.25, 0.3) is 0 Å². The van der Waals surface area contributed by atoms with Gasteiger partial charge in [-0.2, -0.15) is 13.5 Å². The summed E-state index contributed by atoms with van der Waals surface area (Å²) in [7, 11) is -3.79. The minimum atomic E-state index is -3.79. The van der Waals surface area contributed by atoms with Crippen molar-refractivity contribution in [3.63, 3.8) is 0 Å². The molecule has 2 aromatic rings. The summed E-state index contributed by atoms with van der Waals surface area (Å²) < 4.78 is 24.3. The summed E-state index contributed by atoms with van der Waals surface area (Å²) in [6.45, 7) is 4.19. The number of hydrazone groups is 1. The summed E-state index contributed by atoms with van der Waals surface area (Å²) in [5.41, 5.74) is 1.27. The molecule has 0 saturated carbocycles. The van der Waals surface area contributed by atoms with Crippen LogP contribution in [0.15, 0.2) is 52.5 Å². The van der Waals surface area contributed by atoms with Crippen molar-refractivity contribution in [2.45, 2.75) is 25.2 Å². The molecule has 0 radical (unpaired) electrons. The summed E-state index contributed by atoms with van der Waals surface area (Å²) in [5, 5.41) is 22.6. The highest BCUT2D eigenvalue weighted by Crippen LogP contribution is 2.26. The predicted molar refractivity (Wildman–Crippen MR) is 92.7 cm³/mol. The van der Waals surface area contributed by atoms with Crippen LogP contribution in [-0.2, 0) is 16.4 Å². The van der Waals surface area contributed by atoms with Gasteiger partial charge < -0.3 is 10.2 Å². The topological polar surface area (TPSA) is 99.0 Å². The molecule has 128 valence electrons. The maximum absolute atomic E-state index is 12.2. The third-order valence-electron chi connectivity index (χ3n) is 3.30. The second-order valence-corrected chi connectivity index (χ2v) is 7.47. The van der Waals surface area contributed by atoms with E-state index in [1.54, 1.807) is 12.1 Å². The quantitative estimate of drug-likeness (QED) is 0.424. The van der Waals surface area contributed by atoms with E-state index in [1.807, 2.05) is 0 Å². The third kappa shape index (κ3) is 4.48. The van der Waals surface area contributed by atoms with Crippen LogP contribution in [0.5, 0.6) is 11.5 Å². The predicted octanol–water partition coefficient (Wildman–Crippen LogP) is 2.61. The van der Waals surface area contributed by atoms with Gasteiger partial charge in [-0.3, -0.25) is 0 Å². The maximum atomic E-state index is 12.2. The van der Waals surface area contributed by atoms with E-state index in [1.165, 1.54) is 30.3 Å². The highest BCUT2D eigenvalue weighted by molar-refractivity contribution is 7.89. The van der Waals surface area contributed by atoms with E-state index in [2.05, 4.69) is 23.8 Å². The standard InChI is InChI=1S/C17H20N2O4S/c1-12(2)10-13-6-8-15(9-7-13)24(22,23)19-18-11-14-4-3-5-16(20)17(14)21/h3-9,11-12,19-21H,10H2,1-2H3. The first-order valence-corrected chi connectivity index (χ1v) is 8.92. The molecule has 0 amide bonds. The maximum Gasteiger partial charge on any atom is 0.276 e. The van der Waals surface area contributed by atoms with Gasteiger partial charge in [0.1, 0.15) is 0 Å². The number of benzene rings is 2. The Balaban J connectivity index is 2.11. The van der Waals surface area contributed by atoms with Crippen LogP contribution in [0, 0.1) is 5.92 Å². The van der Waals surface area contributed by atoms with Crippen LogP contribution in [0.3, 0.4) is 0 Å². The molecule has 6 nitrogen and oxygen atoms in total. The molecular weight excluding hydrogens is 328 g/mol. The van der Waals surface area contributed by atoms with Crippen molar-refractivity contribution >= 4 is 16.2 Å². The molecule has 0 heterocycles. The van der Waals surface area contributed by atoms with Crippen molar-refractivity contribution in [1.29, 1.82) is 0 Å². The first-order chi connectivity index (χ1) is 11.3. The molecule has 24 heavy (non-hydrogen) atoms. The molecule has 2 aromatic carbocycles. The van der Waals surface area contributed by atoms with Crippen molar-refractivity contribution < 1.29 is 18.6 Å². The highest BCUT2D eigenvalue weighted by Gasteiger charge is 2.13. The molecule has 3 N–H and O–H groups in total. The van der Waals surface area contributed by atoms with E-state index >= 15 is 0 Å². The lowest BCUT2D eigenvalue weighted by Crippen LogP contribution is -2.18. The lowest BCUT2D eigenvalue weighted by atomic mass is 10.0. The van der Waals surface area contributed by atoms with E-state index in [0.29, 0.717) is 5.92 Å². The number of phenols is 2. The summed E-state index contributed by atoms with van der Waals surface area (Å²) in [6.07, 6.45) is 2.00. The van der Waals surface area contributed by atoms with Crippen LogP contribution in [0.4, 0.5) is 0 Å². The number of aromatic hydroxyl groups is 2. The zero-order valence-corrected chi connectivity index (χ0v) is 14.3. The lowest BCUT2D eigenvalue weighted by molar-refractivity contribution is 0.403. The second kappa shape index (κ2) is 7.35. The zero-order chi connectivity index (χ0) is 17.7. The number of sulfonamides is 1. The SMILES string of the molecule is CC(C)Cc1ccc(S(=O)(=O)NN=Cc2cccc(O)c2O)cc1. The van der Waals surface area contributed by atoms with Gasteiger partial charge in [-0.05, 0) is 42.2 Å². The molecule has 0 bridgehead atoms. The fraction of sp³-hybridized carbons (Fsp3) is 0.235. The van der Waals surface area contributed by atoms with Gasteiger partial charge in [0.15, 0.2) is 11.5 Å². The van der Waals surface area contributed by atoms with Gasteiger partial charge in [-0.1, -0.05) is 32.0 Å². The molecule has 0 aliphatic heterocycles. The van der Waals surface area contributed by atoms with Crippen LogP contribution < -0.4 is 4.83 Å². The van der Waals surface area contributed by atoms with Crippen LogP contribution >= 0.6 is 0 Å². The van der Waals surface area contributed by atoms with Crippen LogP contribution in [0.2, 0.25) is 0 Å². The van der Waals surface area contributed by atoms with Crippen molar-refractivity contribution in [1.82, 2.24) is 4.83 Å². The van der Waals surface area contributed by atoms with Crippen molar-refractivity contribution in [3.8, 4) is 11.5 Å². The molecule has 0 aliphatic carbocycles. The van der Waals surface area contributed by atoms with Gasteiger partial charge in [-0.15, -0.1) is 0 Å². The van der Waals surface area contributed by atoms with Gasteiger partial charge in [0.2, 0.25) is 0 Å². The minimum Gasteiger partial charge on any atom is -0.504 e. The molecule has 2 rings (SSSR count). The first-order valence-electron chi connectivity index (χ1n) is 7.44. The highest BCUT2D eigenvalue weighted by atomic mass is 32.2. The van der Waals surface area contributed by atoms with Gasteiger partial charge in [-0.25, -0.2) is 4.83 Å². The largest absolute Gasteiger partial charge is 0.504 e. The number of nitrogens with one attached hydrogen (secondary N) is 1. The monoisotopic (exact) mass is 348 g/mol. The van der Waals surface area contributed by atoms with Crippen molar-refractivity contribution in [2.75, 3.05) is 0 Å². The summed E-state index contributed by atoms with van der Waals surface area (Å²) in [5.74, 6) is -0.175. The number of hydrogen-bond acceptors (Lipinski definition) is 5. The fourth-order valence-electron chi connectivity index (χ4n) is 2.15. The van der Waals surface area contributed by atoms with Crippen LogP contribution in [0.1, 0.15) is 25.0 Å². The van der Waals surface area contributed by atoms with Gasteiger partial charge in [0, 0.05) is 5.56 Å². The summed E-state index contributed by atoms with van der Waals surface area (Å²) in [6, 6.07) is 10.9. The summed E-state index contributed by atoms with van der Waals surface area (Å²) in [4.78, 5) is 2.18. The fourth-order valence-corrected chi connectivity index (χ4v) is 2.94. The smallest absolute Gasteiger partial charge is 0.276 e. The molecule has 0 spiro atoms. The molecule has 0 aliphatic rings. The Morgan fingerprint density at radius 2 is 1.79 bits per heavy atom. The van der Waals surface area contributed by atoms with Crippen molar-refractivity contribution in [2.24, 2.45) is 11.0 Å². The van der Waals surface area contributed by atoms with E-state index in [-0.39, 0.29) is 22.0 Å². The Morgan fingerprint density at radius 1 is 1.12 bits per heavy atom.